The standard InChI is InChI=1S/C16H14O4S/c17-15(13-7-3-1-4-8-13)11-21(19,20)12-16(18)14-9-5-2-6-10-14/h1-12,17-18H/b15-11-,16-12-. The molecule has 0 aliphatic heterocycles. The van der Waals surface area contributed by atoms with E-state index in [2.05, 4.69) is 0 Å². The molecule has 2 aromatic carbocycles. The Balaban J connectivity index is 2.31. The molecule has 2 N–H and O–H groups in total. The minimum Gasteiger partial charge on any atom is -0.507 e. The van der Waals surface area contributed by atoms with Crippen molar-refractivity contribution < 1.29 is 18.6 Å². The van der Waals surface area contributed by atoms with Gasteiger partial charge >= 0.3 is 0 Å². The predicted molar refractivity (Wildman–Crippen MR) is 83.0 cm³/mol. The number of rotatable bonds is 4. The van der Waals surface area contributed by atoms with Crippen molar-refractivity contribution in [2.24, 2.45) is 0 Å². The van der Waals surface area contributed by atoms with Crippen molar-refractivity contribution in [2.75, 3.05) is 0 Å². The van der Waals surface area contributed by atoms with Crippen molar-refractivity contribution in [3.63, 3.8) is 0 Å². The van der Waals surface area contributed by atoms with E-state index in [0.29, 0.717) is 21.9 Å². The first-order valence-electron chi connectivity index (χ1n) is 6.15. The molecule has 0 spiro atoms. The molecular formula is C16H14O4S. The quantitative estimate of drug-likeness (QED) is 0.847. The van der Waals surface area contributed by atoms with Gasteiger partial charge in [-0.05, 0) is 0 Å². The Morgan fingerprint density at radius 3 is 1.38 bits per heavy atom. The number of aliphatic hydroxyl groups is 2. The molecule has 0 heterocycles. The van der Waals surface area contributed by atoms with Gasteiger partial charge in [-0.25, -0.2) is 8.42 Å². The lowest BCUT2D eigenvalue weighted by molar-refractivity contribution is 0.511. The number of aliphatic hydroxyl groups excluding tert-OH is 2. The lowest BCUT2D eigenvalue weighted by atomic mass is 10.2. The molecule has 0 radical (unpaired) electrons. The van der Waals surface area contributed by atoms with Gasteiger partial charge in [0.1, 0.15) is 11.5 Å². The van der Waals surface area contributed by atoms with E-state index in [4.69, 9.17) is 0 Å². The van der Waals surface area contributed by atoms with E-state index in [1.807, 2.05) is 0 Å². The summed E-state index contributed by atoms with van der Waals surface area (Å²) in [7, 11) is -3.90. The van der Waals surface area contributed by atoms with E-state index >= 15 is 0 Å². The monoisotopic (exact) mass is 302 g/mol. The first-order valence-corrected chi connectivity index (χ1v) is 7.76. The third-order valence-electron chi connectivity index (χ3n) is 2.69. The molecule has 0 amide bonds. The van der Waals surface area contributed by atoms with Crippen LogP contribution < -0.4 is 0 Å². The van der Waals surface area contributed by atoms with E-state index in [-0.39, 0.29) is 11.5 Å². The molecule has 0 bridgehead atoms. The lowest BCUT2D eigenvalue weighted by Gasteiger charge is -2.01. The van der Waals surface area contributed by atoms with Crippen molar-refractivity contribution in [1.29, 1.82) is 0 Å². The third kappa shape index (κ3) is 4.22. The van der Waals surface area contributed by atoms with E-state index in [0.717, 1.165) is 0 Å². The Bertz CT molecular complexity index is 699. The summed E-state index contributed by atoms with van der Waals surface area (Å²) < 4.78 is 23.9. The minimum atomic E-state index is -3.90. The maximum Gasteiger partial charge on any atom is 0.200 e. The second-order valence-electron chi connectivity index (χ2n) is 4.33. The summed E-state index contributed by atoms with van der Waals surface area (Å²) in [6.45, 7) is 0. The summed E-state index contributed by atoms with van der Waals surface area (Å²) in [6.07, 6.45) is 0. The summed E-state index contributed by atoms with van der Waals surface area (Å²) in [5.74, 6) is -0.763. The number of sulfone groups is 1. The van der Waals surface area contributed by atoms with Crippen molar-refractivity contribution in [1.82, 2.24) is 0 Å². The molecule has 108 valence electrons. The zero-order chi connectivity index (χ0) is 15.3. The summed E-state index contributed by atoms with van der Waals surface area (Å²) in [4.78, 5) is 0. The van der Waals surface area contributed by atoms with Crippen LogP contribution >= 0.6 is 0 Å². The minimum absolute atomic E-state index is 0.382. The number of benzene rings is 2. The Kier molecular flexibility index (Phi) is 4.45. The maximum absolute atomic E-state index is 11.9. The molecule has 0 saturated heterocycles. The maximum atomic E-state index is 11.9. The van der Waals surface area contributed by atoms with E-state index in [1.54, 1.807) is 60.7 Å². The molecule has 21 heavy (non-hydrogen) atoms. The van der Waals surface area contributed by atoms with Crippen LogP contribution in [0.4, 0.5) is 0 Å². The Morgan fingerprint density at radius 1 is 0.714 bits per heavy atom. The van der Waals surface area contributed by atoms with Gasteiger partial charge in [0.05, 0.1) is 10.8 Å². The van der Waals surface area contributed by atoms with Crippen LogP contribution in [0, 0.1) is 0 Å². The molecule has 5 heteroatoms. The van der Waals surface area contributed by atoms with E-state index < -0.39 is 9.84 Å². The molecule has 0 unspecified atom stereocenters. The van der Waals surface area contributed by atoms with Crippen molar-refractivity contribution >= 4 is 21.4 Å². The zero-order valence-electron chi connectivity index (χ0n) is 11.0. The van der Waals surface area contributed by atoms with Crippen LogP contribution in [0.15, 0.2) is 71.5 Å². The molecule has 2 aromatic rings. The van der Waals surface area contributed by atoms with Gasteiger partial charge in [0.25, 0.3) is 0 Å². The van der Waals surface area contributed by atoms with Gasteiger partial charge in [-0.2, -0.15) is 0 Å². The highest BCUT2D eigenvalue weighted by Crippen LogP contribution is 2.16. The normalized spacial score (nSPS) is 13.1. The molecule has 0 atom stereocenters. The summed E-state index contributed by atoms with van der Waals surface area (Å²) >= 11 is 0. The lowest BCUT2D eigenvalue weighted by Crippen LogP contribution is -1.95. The highest BCUT2D eigenvalue weighted by molar-refractivity contribution is 7.97. The van der Waals surface area contributed by atoms with Gasteiger partial charge < -0.3 is 10.2 Å². The number of hydrogen-bond acceptors (Lipinski definition) is 4. The van der Waals surface area contributed by atoms with Gasteiger partial charge in [0, 0.05) is 11.1 Å². The smallest absolute Gasteiger partial charge is 0.200 e. The second-order valence-corrected chi connectivity index (χ2v) is 5.98. The van der Waals surface area contributed by atoms with Gasteiger partial charge in [-0.15, -0.1) is 0 Å². The largest absolute Gasteiger partial charge is 0.507 e. The van der Waals surface area contributed by atoms with Crippen LogP contribution in [-0.2, 0) is 9.84 Å². The van der Waals surface area contributed by atoms with Crippen LogP contribution in [0.5, 0.6) is 0 Å². The van der Waals surface area contributed by atoms with E-state index in [1.165, 1.54) is 0 Å². The average Bonchev–Trinajstić information content (AvgIpc) is 2.48. The van der Waals surface area contributed by atoms with Gasteiger partial charge in [-0.3, -0.25) is 0 Å². The molecular weight excluding hydrogens is 288 g/mol. The summed E-state index contributed by atoms with van der Waals surface area (Å²) in [6, 6.07) is 16.6. The molecule has 0 fully saturated rings. The van der Waals surface area contributed by atoms with Crippen molar-refractivity contribution in [3.8, 4) is 0 Å². The molecule has 0 aromatic heterocycles. The predicted octanol–water partition coefficient (Wildman–Crippen LogP) is 3.51. The highest BCUT2D eigenvalue weighted by Gasteiger charge is 2.10. The van der Waals surface area contributed by atoms with Crippen LogP contribution in [-0.4, -0.2) is 18.6 Å². The fourth-order valence-electron chi connectivity index (χ4n) is 1.70. The summed E-state index contributed by atoms with van der Waals surface area (Å²) in [5, 5.41) is 21.0. The fourth-order valence-corrected chi connectivity index (χ4v) is 2.66. The number of hydrogen-bond donors (Lipinski definition) is 2. The third-order valence-corrected chi connectivity index (χ3v) is 3.79. The fraction of sp³-hybridized carbons (Fsp3) is 0. The topological polar surface area (TPSA) is 74.6 Å². The van der Waals surface area contributed by atoms with Crippen molar-refractivity contribution in [2.45, 2.75) is 0 Å². The molecule has 2 rings (SSSR count). The Labute approximate surface area is 123 Å². The first kappa shape index (κ1) is 14.9. The van der Waals surface area contributed by atoms with Gasteiger partial charge in [0.15, 0.2) is 9.84 Å². The van der Waals surface area contributed by atoms with Gasteiger partial charge in [0.2, 0.25) is 0 Å². The molecule has 0 saturated carbocycles. The summed E-state index contributed by atoms with van der Waals surface area (Å²) in [5.41, 5.74) is 0.766. The highest BCUT2D eigenvalue weighted by atomic mass is 32.2. The van der Waals surface area contributed by atoms with Crippen LogP contribution in [0.2, 0.25) is 0 Å². The van der Waals surface area contributed by atoms with E-state index in [9.17, 15) is 18.6 Å². The zero-order valence-corrected chi connectivity index (χ0v) is 11.9. The average molecular weight is 302 g/mol. The molecule has 0 aliphatic rings. The molecule has 4 nitrogen and oxygen atoms in total. The second kappa shape index (κ2) is 6.28. The van der Waals surface area contributed by atoms with Crippen LogP contribution in [0.1, 0.15) is 11.1 Å². The van der Waals surface area contributed by atoms with Crippen LogP contribution in [0.3, 0.4) is 0 Å². The van der Waals surface area contributed by atoms with Gasteiger partial charge in [-0.1, -0.05) is 60.7 Å². The Morgan fingerprint density at radius 2 is 1.05 bits per heavy atom. The van der Waals surface area contributed by atoms with Crippen molar-refractivity contribution in [3.05, 3.63) is 82.6 Å². The first-order chi connectivity index (χ1) is 9.98. The molecule has 0 aliphatic carbocycles. The Hall–Kier alpha value is -2.53. The SMILES string of the molecule is O=S(=O)(/C=C(\O)c1ccccc1)/C=C(\O)c1ccccc1. The van der Waals surface area contributed by atoms with Crippen LogP contribution in [0.25, 0.3) is 11.5 Å².